The van der Waals surface area contributed by atoms with E-state index in [1.54, 1.807) is 7.11 Å². The van der Waals surface area contributed by atoms with Crippen molar-refractivity contribution in [2.24, 2.45) is 28.6 Å². The van der Waals surface area contributed by atoms with Gasteiger partial charge in [0.25, 0.3) is 10.1 Å². The molecule has 5 aliphatic carbocycles. The van der Waals surface area contributed by atoms with E-state index >= 15 is 0 Å². The van der Waals surface area contributed by atoms with Crippen LogP contribution >= 0.6 is 0 Å². The molecule has 9 rings (SSSR count). The maximum Gasteiger partial charge on any atom is 0.264 e. The number of aliphatic hydroxyl groups excluding tert-OH is 1. The van der Waals surface area contributed by atoms with Crippen molar-refractivity contribution in [2.75, 3.05) is 33.2 Å². The van der Waals surface area contributed by atoms with Gasteiger partial charge < -0.3 is 24.1 Å². The number of methoxy groups -OCH3 is 1. The van der Waals surface area contributed by atoms with Crippen LogP contribution in [0.25, 0.3) is 0 Å². The highest BCUT2D eigenvalue weighted by Crippen LogP contribution is 2.86. The number of piperidine rings is 1. The quantitative estimate of drug-likeness (QED) is 0.556. The number of aliphatic hydroxyl groups is 1. The summed E-state index contributed by atoms with van der Waals surface area (Å²) >= 11 is 0. The molecule has 9 nitrogen and oxygen atoms in total. The Balaban J connectivity index is 1.48. The van der Waals surface area contributed by atoms with E-state index in [-0.39, 0.29) is 48.2 Å². The zero-order valence-corrected chi connectivity index (χ0v) is 21.0. The summed E-state index contributed by atoms with van der Waals surface area (Å²) < 4.78 is 57.4. The van der Waals surface area contributed by atoms with Crippen LogP contribution in [0, 0.1) is 28.6 Å². The third-order valence-electron chi connectivity index (χ3n) is 11.9. The fourth-order valence-electron chi connectivity index (χ4n) is 11.8. The van der Waals surface area contributed by atoms with Gasteiger partial charge in [0.05, 0.1) is 47.5 Å². The highest BCUT2D eigenvalue weighted by atomic mass is 32.2. The van der Waals surface area contributed by atoms with Crippen molar-refractivity contribution in [1.29, 1.82) is 0 Å². The molecule has 0 aromatic rings. The summed E-state index contributed by atoms with van der Waals surface area (Å²) in [6, 6.07) is -0.126. The topological polar surface area (TPSA) is 104 Å². The lowest BCUT2D eigenvalue weighted by atomic mass is 9.36. The molecule has 1 N–H and O–H groups in total. The number of hydrogen-bond acceptors (Lipinski definition) is 9. The van der Waals surface area contributed by atoms with Gasteiger partial charge in [-0.05, 0) is 43.6 Å². The average Bonchev–Trinajstić information content (AvgIpc) is 3.42. The first kappa shape index (κ1) is 21.7. The summed E-state index contributed by atoms with van der Waals surface area (Å²) in [6.07, 6.45) is 2.70. The van der Waals surface area contributed by atoms with E-state index in [1.165, 1.54) is 0 Å². The van der Waals surface area contributed by atoms with Gasteiger partial charge in [-0.15, -0.1) is 0 Å². The Morgan fingerprint density at radius 3 is 2.65 bits per heavy atom. The summed E-state index contributed by atoms with van der Waals surface area (Å²) in [4.78, 5) is 2.51. The molecule has 4 spiro atoms. The highest BCUT2D eigenvalue weighted by Gasteiger charge is 2.99. The molecule has 10 heteroatoms. The molecule has 13 atom stereocenters. The smallest absolute Gasteiger partial charge is 0.264 e. The molecule has 5 saturated carbocycles. The Morgan fingerprint density at radius 1 is 1.18 bits per heavy atom. The first-order valence-corrected chi connectivity index (χ1v) is 14.7. The number of rotatable bonds is 4. The summed E-state index contributed by atoms with van der Waals surface area (Å²) in [5.41, 5.74) is -3.16. The first-order chi connectivity index (χ1) is 16.1. The third kappa shape index (κ3) is 1.80. The molecule has 0 amide bonds. The van der Waals surface area contributed by atoms with Crippen molar-refractivity contribution in [3.63, 3.8) is 0 Å². The predicted molar refractivity (Wildman–Crippen MR) is 117 cm³/mol. The lowest BCUT2D eigenvalue weighted by Gasteiger charge is -2.74. The normalized spacial score (nSPS) is 64.6. The molecule has 10 bridgehead atoms. The number of hydrogen-bond donors (Lipinski definition) is 1. The van der Waals surface area contributed by atoms with Crippen molar-refractivity contribution in [3.8, 4) is 0 Å². The minimum Gasteiger partial charge on any atom is -0.390 e. The molecule has 0 radical (unpaired) electrons. The SMILES string of the molecule is CCN1C[C@]2(C)CC[C@H](OC)[C@]34[C@@H]2[C@H](O)[C@]2(OCO[C@@]25C[C@H]2C[C@@]36O[C@H]2[C@H](OS(C)(=O)=O)[C@@H]65)[C@@H]14. The van der Waals surface area contributed by atoms with Crippen molar-refractivity contribution in [2.45, 2.75) is 86.8 Å². The number of nitrogens with zero attached hydrogens (tertiary/aromatic N) is 1. The predicted octanol–water partition coefficient (Wildman–Crippen LogP) is 0.500. The Hall–Kier alpha value is -0.330. The van der Waals surface area contributed by atoms with Crippen LogP contribution in [0.4, 0.5) is 0 Å². The molecule has 9 aliphatic rings. The lowest BCUT2D eigenvalue weighted by molar-refractivity contribution is -0.327. The van der Waals surface area contributed by atoms with E-state index in [1.807, 2.05) is 0 Å². The lowest BCUT2D eigenvalue weighted by Crippen LogP contribution is -2.87. The van der Waals surface area contributed by atoms with E-state index in [0.29, 0.717) is 6.42 Å². The van der Waals surface area contributed by atoms with E-state index in [4.69, 9.17) is 23.1 Å². The molecule has 9 fully saturated rings. The number of likely N-dealkylation sites (tertiary alicyclic amines) is 1. The van der Waals surface area contributed by atoms with E-state index < -0.39 is 44.5 Å². The Kier molecular flexibility index (Phi) is 3.76. The monoisotopic (exact) mass is 497 g/mol. The molecule has 190 valence electrons. The molecule has 34 heavy (non-hydrogen) atoms. The van der Waals surface area contributed by atoms with Crippen molar-refractivity contribution in [3.05, 3.63) is 0 Å². The van der Waals surface area contributed by atoms with Crippen LogP contribution in [0.2, 0.25) is 0 Å². The first-order valence-electron chi connectivity index (χ1n) is 12.9. The number of ether oxygens (including phenoxy) is 4. The van der Waals surface area contributed by atoms with Gasteiger partial charge in [-0.1, -0.05) is 13.8 Å². The van der Waals surface area contributed by atoms with Crippen LogP contribution in [0.1, 0.15) is 39.5 Å². The Labute approximate surface area is 200 Å². The van der Waals surface area contributed by atoms with E-state index in [9.17, 15) is 13.5 Å². The molecule has 4 aliphatic heterocycles. The molecular formula is C24H35NO8S. The van der Waals surface area contributed by atoms with Crippen LogP contribution in [0.5, 0.6) is 0 Å². The standard InChI is InChI=1S/C24H35NO8S/c1-5-25-10-20(2)7-6-13(29-3)23-17(20)18(26)24(19(23)25)22(30-11-31-24)9-12-8-21(23)16(22)15(14(12)32-21)33-34(4,27)28/h12-19,26H,5-11H2,1-4H3/t12-,13+,14-,15+,16+,17-,18+,19+,20+,21+,22-,23-,24+/m1/s1. The summed E-state index contributed by atoms with van der Waals surface area (Å²) in [5.74, 6) is -0.325. The van der Waals surface area contributed by atoms with Gasteiger partial charge in [-0.25, -0.2) is 0 Å². The van der Waals surface area contributed by atoms with Crippen LogP contribution < -0.4 is 0 Å². The van der Waals surface area contributed by atoms with Crippen LogP contribution in [-0.2, 0) is 33.2 Å². The van der Waals surface area contributed by atoms with Gasteiger partial charge in [-0.2, -0.15) is 8.42 Å². The van der Waals surface area contributed by atoms with Crippen LogP contribution in [0.15, 0.2) is 0 Å². The van der Waals surface area contributed by atoms with Crippen molar-refractivity contribution < 1.29 is 36.7 Å². The van der Waals surface area contributed by atoms with E-state index in [0.717, 1.165) is 38.6 Å². The second kappa shape index (κ2) is 5.88. The highest BCUT2D eigenvalue weighted by molar-refractivity contribution is 7.86. The van der Waals surface area contributed by atoms with Crippen molar-refractivity contribution >= 4 is 10.1 Å². The largest absolute Gasteiger partial charge is 0.390 e. The van der Waals surface area contributed by atoms with Crippen LogP contribution in [-0.4, -0.2) is 98.9 Å². The van der Waals surface area contributed by atoms with Gasteiger partial charge in [0.2, 0.25) is 0 Å². The Bertz CT molecular complexity index is 1090. The maximum atomic E-state index is 12.4. The van der Waals surface area contributed by atoms with Gasteiger partial charge >= 0.3 is 0 Å². The third-order valence-corrected chi connectivity index (χ3v) is 12.5. The molecular weight excluding hydrogens is 462 g/mol. The molecule has 4 saturated heterocycles. The average molecular weight is 498 g/mol. The van der Waals surface area contributed by atoms with Crippen molar-refractivity contribution in [1.82, 2.24) is 4.90 Å². The zero-order valence-electron chi connectivity index (χ0n) is 20.2. The zero-order chi connectivity index (χ0) is 23.7. The minimum atomic E-state index is -3.72. The number of likely N-dealkylation sites (N-methyl/N-ethyl adjacent to an activating group) is 1. The molecule has 0 aromatic heterocycles. The summed E-state index contributed by atoms with van der Waals surface area (Å²) in [6.45, 7) is 6.31. The fourth-order valence-corrected chi connectivity index (χ4v) is 12.4. The van der Waals surface area contributed by atoms with Gasteiger partial charge in [0, 0.05) is 19.6 Å². The molecule has 0 aromatic carbocycles. The second-order valence-electron chi connectivity index (χ2n) is 12.7. The van der Waals surface area contributed by atoms with E-state index in [2.05, 4.69) is 18.7 Å². The minimum absolute atomic E-state index is 0.0907. The van der Waals surface area contributed by atoms with Gasteiger partial charge in [0.15, 0.2) is 0 Å². The Morgan fingerprint density at radius 2 is 1.94 bits per heavy atom. The fraction of sp³-hybridized carbons (Fsp3) is 1.00. The van der Waals surface area contributed by atoms with Crippen LogP contribution in [0.3, 0.4) is 0 Å². The van der Waals surface area contributed by atoms with Gasteiger partial charge in [-0.3, -0.25) is 9.08 Å². The summed E-state index contributed by atoms with van der Waals surface area (Å²) in [7, 11) is -1.94. The molecule has 0 unspecified atom stereocenters. The maximum absolute atomic E-state index is 12.4. The second-order valence-corrected chi connectivity index (χ2v) is 14.3. The van der Waals surface area contributed by atoms with Gasteiger partial charge in [0.1, 0.15) is 24.1 Å². The summed E-state index contributed by atoms with van der Waals surface area (Å²) in [5, 5.41) is 12.4. The molecule has 4 heterocycles.